The van der Waals surface area contributed by atoms with Crippen LogP contribution in [0.15, 0.2) is 46.0 Å². The largest absolute Gasteiger partial charge is 0.504 e. The van der Waals surface area contributed by atoms with E-state index in [1.165, 1.54) is 14.2 Å². The maximum atomic E-state index is 14.2. The Kier molecular flexibility index (Phi) is 9.61. The highest BCUT2D eigenvalue weighted by molar-refractivity contribution is 6.06. The van der Waals surface area contributed by atoms with Crippen LogP contribution < -0.4 is 0 Å². The number of ether oxygens (including phenoxy) is 6. The quantitative estimate of drug-likeness (QED) is 0.199. The maximum Gasteiger partial charge on any atom is 0.336 e. The molecule has 0 aromatic rings. The van der Waals surface area contributed by atoms with Crippen molar-refractivity contribution < 1.29 is 77.6 Å². The summed E-state index contributed by atoms with van der Waals surface area (Å²) in [5.74, 6) is -4.18. The average Bonchev–Trinajstić information content (AvgIpc) is 4.04. The molecule has 8 aliphatic carbocycles. The monoisotopic (exact) mass is 972 g/mol. The summed E-state index contributed by atoms with van der Waals surface area (Å²) in [5, 5.41) is 46.5. The number of allylic oxidation sites excluding steroid dienone is 4. The van der Waals surface area contributed by atoms with Crippen LogP contribution >= 0.6 is 0 Å². The SMILES string of the molecule is CO[C@@H]1C=C([C@@H]2C[C@H]3O[C@@]34[C@@]2(C)C[C@H](O)[C@@H]2[C@@]3(C)CCC(=O)C(C)(C)C3=C(O)C(=O)[C@]24C)C(=O)O1.CO[C@@H]1C=C([C@@H]2C[C@H]3O[C@@]34[C@@]2(C)C[C@H](O)[C@@H]2[C@@]3(C)CCC(=O)C(C)(C)C3=C(O)C(=O)[C@]24C)C(=O)O1. The van der Waals surface area contributed by atoms with Crippen molar-refractivity contribution in [3.8, 4) is 0 Å². The standard InChI is InChI=1S/2C27H34O8/c2*1-23(2)15(29)7-8-24(3)19-14(28)11-25(4)13(12-9-17(33-6)34-22(12)32)10-16-27(25,35-16)26(19,5)21(31)18(30)20(23)24/h2*9,13-14,16-17,19,28,30H,7-8,10-11H2,1-6H3/t2*13-,14-,16+,17-,19+,24+,25-,26-,27+/m00/s1. The van der Waals surface area contributed by atoms with E-state index < -0.39 is 115 Å². The van der Waals surface area contributed by atoms with Gasteiger partial charge in [0.2, 0.25) is 24.1 Å². The minimum atomic E-state index is -1.22. The zero-order valence-electron chi connectivity index (χ0n) is 42.3. The molecule has 0 aromatic heterocycles. The fraction of sp³-hybridized carbons (Fsp3) is 0.741. The van der Waals surface area contributed by atoms with Crippen LogP contribution in [0.1, 0.15) is 121 Å². The predicted molar refractivity (Wildman–Crippen MR) is 244 cm³/mol. The van der Waals surface area contributed by atoms with Crippen molar-refractivity contribution in [2.45, 2.75) is 169 Å². The summed E-state index contributed by atoms with van der Waals surface area (Å²) in [6.07, 6.45) is 2.78. The Morgan fingerprint density at radius 3 is 1.21 bits per heavy atom. The van der Waals surface area contributed by atoms with Crippen molar-refractivity contribution in [3.63, 3.8) is 0 Å². The lowest BCUT2D eigenvalue weighted by molar-refractivity contribution is -0.198. The second kappa shape index (κ2) is 14.0. The summed E-state index contributed by atoms with van der Waals surface area (Å²) in [7, 11) is 2.94. The molecule has 4 aliphatic heterocycles. The van der Waals surface area contributed by atoms with E-state index in [-0.39, 0.29) is 47.1 Å². The molecule has 12 aliphatic rings. The van der Waals surface area contributed by atoms with Gasteiger partial charge in [0.25, 0.3) is 0 Å². The molecular formula is C54H68O16. The van der Waals surface area contributed by atoms with Crippen molar-refractivity contribution in [3.05, 3.63) is 46.0 Å². The number of esters is 2. The van der Waals surface area contributed by atoms with E-state index in [0.717, 1.165) is 0 Å². The Balaban J connectivity index is 0.000000152. The van der Waals surface area contributed by atoms with Crippen molar-refractivity contribution in [2.24, 2.45) is 67.0 Å². The molecule has 0 amide bonds. The Bertz CT molecular complexity index is 2480. The van der Waals surface area contributed by atoms with Crippen molar-refractivity contribution in [1.29, 1.82) is 0 Å². The molecule has 18 atom stereocenters. The Hall–Kier alpha value is -4.06. The van der Waals surface area contributed by atoms with Crippen LogP contribution in [0.25, 0.3) is 0 Å². The number of cyclic esters (lactones) is 2. The number of hydrogen-bond donors (Lipinski definition) is 4. The van der Waals surface area contributed by atoms with E-state index in [2.05, 4.69) is 0 Å². The molecule has 4 N–H and O–H groups in total. The number of hydrogen-bond acceptors (Lipinski definition) is 16. The molecule has 2 spiro atoms. The number of rotatable bonds is 4. The van der Waals surface area contributed by atoms with Gasteiger partial charge in [0.1, 0.15) is 22.8 Å². The fourth-order valence-corrected chi connectivity index (χ4v) is 19.4. The number of methoxy groups -OCH3 is 2. The first-order valence-electron chi connectivity index (χ1n) is 25.1. The molecule has 0 bridgehead atoms. The average molecular weight is 973 g/mol. The zero-order chi connectivity index (χ0) is 51.0. The summed E-state index contributed by atoms with van der Waals surface area (Å²) in [5.41, 5.74) is -7.38. The molecule has 70 heavy (non-hydrogen) atoms. The van der Waals surface area contributed by atoms with Crippen LogP contribution in [0.4, 0.5) is 0 Å². The topological polar surface area (TPSA) is 245 Å². The third-order valence-corrected chi connectivity index (χ3v) is 21.9. The maximum absolute atomic E-state index is 14.2. The summed E-state index contributed by atoms with van der Waals surface area (Å²) in [6.45, 7) is 18.6. The zero-order valence-corrected chi connectivity index (χ0v) is 42.3. The van der Waals surface area contributed by atoms with Crippen molar-refractivity contribution in [1.82, 2.24) is 0 Å². The van der Waals surface area contributed by atoms with Gasteiger partial charge in [0.15, 0.2) is 11.5 Å². The molecule has 4 heterocycles. The minimum Gasteiger partial charge on any atom is -0.504 e. The Labute approximate surface area is 407 Å². The second-order valence-electron chi connectivity index (χ2n) is 25.3. The molecule has 0 radical (unpaired) electrons. The molecule has 0 unspecified atom stereocenters. The van der Waals surface area contributed by atoms with Crippen LogP contribution in [0, 0.1) is 67.0 Å². The molecule has 6 saturated carbocycles. The Morgan fingerprint density at radius 1 is 0.557 bits per heavy atom. The van der Waals surface area contributed by atoms with Crippen LogP contribution in [0.2, 0.25) is 0 Å². The highest BCUT2D eigenvalue weighted by atomic mass is 16.7. The number of carbonyl (C=O) groups excluding carboxylic acids is 6. The summed E-state index contributed by atoms with van der Waals surface area (Å²) < 4.78 is 33.9. The van der Waals surface area contributed by atoms with Gasteiger partial charge < -0.3 is 48.8 Å². The first-order chi connectivity index (χ1) is 32.4. The van der Waals surface area contributed by atoms with E-state index in [1.54, 1.807) is 39.8 Å². The van der Waals surface area contributed by atoms with Gasteiger partial charge in [0, 0.05) is 94.4 Å². The van der Waals surface area contributed by atoms with Gasteiger partial charge in [-0.25, -0.2) is 9.59 Å². The number of aliphatic hydroxyl groups is 4. The fourth-order valence-electron chi connectivity index (χ4n) is 19.4. The number of fused-ring (bicyclic) bond motifs is 6. The molecular weight excluding hydrogens is 905 g/mol. The van der Waals surface area contributed by atoms with Crippen LogP contribution in [0.3, 0.4) is 0 Å². The molecule has 380 valence electrons. The number of carbonyl (C=O) groups is 6. The lowest BCUT2D eigenvalue weighted by Crippen LogP contribution is -2.71. The number of epoxide rings is 2. The number of Topliss-reactive ketones (excluding diaryl/α,β-unsaturated/α-hetero) is 4. The van der Waals surface area contributed by atoms with E-state index in [1.807, 2.05) is 41.5 Å². The predicted octanol–water partition coefficient (Wildman–Crippen LogP) is 5.57. The van der Waals surface area contributed by atoms with Gasteiger partial charge in [-0.05, 0) is 103 Å². The van der Waals surface area contributed by atoms with Gasteiger partial charge in [-0.1, -0.05) is 27.7 Å². The smallest absolute Gasteiger partial charge is 0.336 e. The third-order valence-electron chi connectivity index (χ3n) is 21.9. The summed E-state index contributed by atoms with van der Waals surface area (Å²) >= 11 is 0. The Morgan fingerprint density at radius 2 is 0.900 bits per heavy atom. The van der Waals surface area contributed by atoms with Crippen molar-refractivity contribution >= 4 is 35.1 Å². The van der Waals surface area contributed by atoms with Crippen LogP contribution in [0.5, 0.6) is 0 Å². The second-order valence-corrected chi connectivity index (χ2v) is 25.3. The van der Waals surface area contributed by atoms with Crippen LogP contribution in [-0.2, 0) is 57.2 Å². The summed E-state index contributed by atoms with van der Waals surface area (Å²) in [4.78, 5) is 79.6. The lowest BCUT2D eigenvalue weighted by Gasteiger charge is -2.64. The molecule has 2 saturated heterocycles. The first kappa shape index (κ1) is 48.2. The molecule has 8 fully saturated rings. The normalized spacial score (nSPS) is 51.8. The summed E-state index contributed by atoms with van der Waals surface area (Å²) in [6, 6.07) is 0. The van der Waals surface area contributed by atoms with E-state index in [4.69, 9.17) is 28.4 Å². The number of aliphatic hydroxyl groups excluding tert-OH is 4. The highest BCUT2D eigenvalue weighted by Crippen LogP contribution is 2.83. The van der Waals surface area contributed by atoms with E-state index in [9.17, 15) is 49.2 Å². The number of ketones is 4. The third kappa shape index (κ3) is 5.05. The van der Waals surface area contributed by atoms with Gasteiger partial charge in [-0.3, -0.25) is 19.2 Å². The minimum absolute atomic E-state index is 0.0120. The van der Waals surface area contributed by atoms with Gasteiger partial charge >= 0.3 is 11.9 Å². The van der Waals surface area contributed by atoms with Crippen LogP contribution in [-0.4, -0.2) is 118 Å². The molecule has 0 aromatic carbocycles. The van der Waals surface area contributed by atoms with E-state index in [0.29, 0.717) is 73.7 Å². The van der Waals surface area contributed by atoms with Crippen molar-refractivity contribution in [2.75, 3.05) is 14.2 Å². The highest BCUT2D eigenvalue weighted by Gasteiger charge is 2.90. The molecule has 16 heteroatoms. The van der Waals surface area contributed by atoms with Gasteiger partial charge in [0.05, 0.1) is 35.2 Å². The van der Waals surface area contributed by atoms with Gasteiger partial charge in [-0.2, -0.15) is 0 Å². The molecule has 16 nitrogen and oxygen atoms in total. The van der Waals surface area contributed by atoms with E-state index >= 15 is 0 Å². The first-order valence-corrected chi connectivity index (χ1v) is 25.1. The lowest BCUT2D eigenvalue weighted by atomic mass is 9.38. The molecule has 12 rings (SSSR count). The van der Waals surface area contributed by atoms with Gasteiger partial charge in [-0.15, -0.1) is 0 Å².